The topological polar surface area (TPSA) is 75.7 Å². The Bertz CT molecular complexity index is 836. The summed E-state index contributed by atoms with van der Waals surface area (Å²) < 4.78 is 25.1. The van der Waals surface area contributed by atoms with Crippen molar-refractivity contribution in [2.75, 3.05) is 0 Å². The molecule has 1 N–H and O–H groups in total. The molecule has 0 bridgehead atoms. The van der Waals surface area contributed by atoms with Gasteiger partial charge >= 0.3 is 0 Å². The van der Waals surface area contributed by atoms with Crippen LogP contribution in [0.4, 0.5) is 0 Å². The highest BCUT2D eigenvalue weighted by molar-refractivity contribution is 7.91. The van der Waals surface area contributed by atoms with Gasteiger partial charge in [0.05, 0.1) is 10.3 Å². The summed E-state index contributed by atoms with van der Waals surface area (Å²) in [6.45, 7) is 1.91. The number of benzene rings is 1. The molecule has 0 radical (unpaired) electrons. The second kappa shape index (κ2) is 4.17. The maximum atomic E-state index is 12.5. The van der Waals surface area contributed by atoms with Crippen molar-refractivity contribution in [1.82, 2.24) is 15.0 Å². The molecule has 3 aromatic rings. The largest absolute Gasteiger partial charge is 0.345 e. The summed E-state index contributed by atoms with van der Waals surface area (Å²) in [5.41, 5.74) is 1.53. The quantitative estimate of drug-likeness (QED) is 0.775. The summed E-state index contributed by atoms with van der Waals surface area (Å²) in [5, 5.41) is 0.503. The van der Waals surface area contributed by atoms with Gasteiger partial charge in [0.2, 0.25) is 9.84 Å². The van der Waals surface area contributed by atoms with E-state index in [4.69, 9.17) is 0 Å². The SMILES string of the molecule is Cc1ccc(S(=O)(=O)c2c[nH]c3ncncc23)cc1. The van der Waals surface area contributed by atoms with Crippen LogP contribution in [-0.2, 0) is 9.84 Å². The van der Waals surface area contributed by atoms with Gasteiger partial charge in [-0.3, -0.25) is 0 Å². The van der Waals surface area contributed by atoms with Crippen LogP contribution in [0.15, 0.2) is 52.8 Å². The van der Waals surface area contributed by atoms with E-state index in [1.165, 1.54) is 18.7 Å². The van der Waals surface area contributed by atoms with Crippen molar-refractivity contribution in [2.24, 2.45) is 0 Å². The number of sulfone groups is 1. The minimum Gasteiger partial charge on any atom is -0.345 e. The van der Waals surface area contributed by atoms with E-state index in [0.29, 0.717) is 11.0 Å². The lowest BCUT2D eigenvalue weighted by Crippen LogP contribution is -2.01. The maximum absolute atomic E-state index is 12.5. The molecule has 0 aliphatic heterocycles. The number of fused-ring (bicyclic) bond motifs is 1. The van der Waals surface area contributed by atoms with E-state index in [2.05, 4.69) is 15.0 Å². The van der Waals surface area contributed by atoms with Crippen LogP contribution >= 0.6 is 0 Å². The molecule has 0 saturated heterocycles. The van der Waals surface area contributed by atoms with E-state index in [1.807, 2.05) is 6.92 Å². The van der Waals surface area contributed by atoms with Crippen LogP contribution in [0, 0.1) is 6.92 Å². The normalized spacial score (nSPS) is 11.8. The van der Waals surface area contributed by atoms with Gasteiger partial charge in [0, 0.05) is 12.4 Å². The van der Waals surface area contributed by atoms with Crippen molar-refractivity contribution >= 4 is 20.9 Å². The molecule has 2 heterocycles. The highest BCUT2D eigenvalue weighted by Crippen LogP contribution is 2.26. The van der Waals surface area contributed by atoms with Crippen LogP contribution in [0.25, 0.3) is 11.0 Å². The predicted molar refractivity (Wildman–Crippen MR) is 70.5 cm³/mol. The lowest BCUT2D eigenvalue weighted by atomic mass is 10.2. The summed E-state index contributed by atoms with van der Waals surface area (Å²) in [5.74, 6) is 0. The van der Waals surface area contributed by atoms with Crippen molar-refractivity contribution in [3.63, 3.8) is 0 Å². The predicted octanol–water partition coefficient (Wildman–Crippen LogP) is 2.10. The standard InChI is InChI=1S/C13H11N3O2S/c1-9-2-4-10(5-3-9)19(17,18)12-7-15-13-11(12)6-14-8-16-13/h2-8H,1H3,(H,14,15,16). The first-order chi connectivity index (χ1) is 9.09. The van der Waals surface area contributed by atoms with E-state index in [9.17, 15) is 8.42 Å². The van der Waals surface area contributed by atoms with Crippen LogP contribution in [0.1, 0.15) is 5.56 Å². The molecule has 1 aromatic carbocycles. The fraction of sp³-hybridized carbons (Fsp3) is 0.0769. The lowest BCUT2D eigenvalue weighted by Gasteiger charge is -2.03. The van der Waals surface area contributed by atoms with E-state index in [-0.39, 0.29) is 9.79 Å². The lowest BCUT2D eigenvalue weighted by molar-refractivity contribution is 0.597. The van der Waals surface area contributed by atoms with E-state index in [1.54, 1.807) is 24.3 Å². The number of rotatable bonds is 2. The van der Waals surface area contributed by atoms with Gasteiger partial charge < -0.3 is 4.98 Å². The molecular formula is C13H11N3O2S. The molecule has 3 rings (SSSR count). The third-order valence-corrected chi connectivity index (χ3v) is 4.75. The number of hydrogen-bond acceptors (Lipinski definition) is 4. The van der Waals surface area contributed by atoms with Crippen LogP contribution < -0.4 is 0 Å². The zero-order valence-electron chi connectivity index (χ0n) is 10.2. The first-order valence-electron chi connectivity index (χ1n) is 5.68. The zero-order chi connectivity index (χ0) is 13.5. The Balaban J connectivity index is 2.22. The van der Waals surface area contributed by atoms with Crippen molar-refractivity contribution in [2.45, 2.75) is 16.7 Å². The molecule has 5 nitrogen and oxygen atoms in total. The molecule has 96 valence electrons. The molecule has 0 amide bonds. The number of H-pyrrole nitrogens is 1. The minimum absolute atomic E-state index is 0.201. The van der Waals surface area contributed by atoms with Crippen LogP contribution in [0.2, 0.25) is 0 Å². The molecule has 0 saturated carbocycles. The van der Waals surface area contributed by atoms with E-state index < -0.39 is 9.84 Å². The van der Waals surface area contributed by atoms with Gasteiger partial charge in [0.15, 0.2) is 0 Å². The molecule has 6 heteroatoms. The average Bonchev–Trinajstić information content (AvgIpc) is 2.83. The van der Waals surface area contributed by atoms with Crippen molar-refractivity contribution in [1.29, 1.82) is 0 Å². The van der Waals surface area contributed by atoms with Gasteiger partial charge in [-0.1, -0.05) is 17.7 Å². The number of hydrogen-bond donors (Lipinski definition) is 1. The molecular weight excluding hydrogens is 262 g/mol. The van der Waals surface area contributed by atoms with Gasteiger partial charge in [0.1, 0.15) is 16.9 Å². The second-order valence-corrected chi connectivity index (χ2v) is 6.17. The van der Waals surface area contributed by atoms with Crippen LogP contribution in [0.3, 0.4) is 0 Å². The first-order valence-corrected chi connectivity index (χ1v) is 7.16. The molecule has 0 unspecified atom stereocenters. The Morgan fingerprint density at radius 2 is 1.89 bits per heavy atom. The van der Waals surface area contributed by atoms with Crippen molar-refractivity contribution in [3.8, 4) is 0 Å². The number of nitrogens with zero attached hydrogens (tertiary/aromatic N) is 2. The van der Waals surface area contributed by atoms with Crippen LogP contribution in [0.5, 0.6) is 0 Å². The Kier molecular flexibility index (Phi) is 2.60. The molecule has 0 aliphatic carbocycles. The third kappa shape index (κ3) is 1.90. The fourth-order valence-corrected chi connectivity index (χ4v) is 3.30. The molecule has 0 spiro atoms. The van der Waals surface area contributed by atoms with Gasteiger partial charge in [-0.2, -0.15) is 0 Å². The van der Waals surface area contributed by atoms with Gasteiger partial charge in [-0.25, -0.2) is 18.4 Å². The Labute approximate surface area is 110 Å². The first kappa shape index (κ1) is 11.9. The second-order valence-electron chi connectivity index (χ2n) is 4.25. The summed E-state index contributed by atoms with van der Waals surface area (Å²) in [7, 11) is -3.55. The molecule has 2 aromatic heterocycles. The number of nitrogens with one attached hydrogen (secondary N) is 1. The monoisotopic (exact) mass is 273 g/mol. The zero-order valence-corrected chi connectivity index (χ0v) is 11.0. The molecule has 0 atom stereocenters. The van der Waals surface area contributed by atoms with Crippen molar-refractivity contribution in [3.05, 3.63) is 48.5 Å². The summed E-state index contributed by atoms with van der Waals surface area (Å²) in [6, 6.07) is 6.76. The maximum Gasteiger partial charge on any atom is 0.208 e. The fourth-order valence-electron chi connectivity index (χ4n) is 1.90. The number of aryl methyl sites for hydroxylation is 1. The average molecular weight is 273 g/mol. The smallest absolute Gasteiger partial charge is 0.208 e. The molecule has 0 aliphatic rings. The van der Waals surface area contributed by atoms with E-state index >= 15 is 0 Å². The molecule has 19 heavy (non-hydrogen) atoms. The summed E-state index contributed by atoms with van der Waals surface area (Å²) >= 11 is 0. The Hall–Kier alpha value is -2.21. The summed E-state index contributed by atoms with van der Waals surface area (Å²) in [4.78, 5) is 11.2. The van der Waals surface area contributed by atoms with E-state index in [0.717, 1.165) is 5.56 Å². The number of aromatic nitrogens is 3. The Morgan fingerprint density at radius 3 is 2.63 bits per heavy atom. The van der Waals surface area contributed by atoms with Gasteiger partial charge in [-0.05, 0) is 19.1 Å². The minimum atomic E-state index is -3.55. The van der Waals surface area contributed by atoms with Crippen molar-refractivity contribution < 1.29 is 8.42 Å². The highest BCUT2D eigenvalue weighted by Gasteiger charge is 2.21. The van der Waals surface area contributed by atoms with Crippen LogP contribution in [-0.4, -0.2) is 23.4 Å². The Morgan fingerprint density at radius 1 is 1.16 bits per heavy atom. The highest BCUT2D eigenvalue weighted by atomic mass is 32.2. The van der Waals surface area contributed by atoms with Gasteiger partial charge in [0.25, 0.3) is 0 Å². The summed E-state index contributed by atoms with van der Waals surface area (Å²) in [6.07, 6.45) is 4.33. The third-order valence-electron chi connectivity index (χ3n) is 2.94. The van der Waals surface area contributed by atoms with Gasteiger partial charge in [-0.15, -0.1) is 0 Å². The molecule has 0 fully saturated rings. The number of aromatic amines is 1.